The van der Waals surface area contributed by atoms with Gasteiger partial charge < -0.3 is 28.5 Å². The molecular formula is C64H115N2O7P. The van der Waals surface area contributed by atoms with Gasteiger partial charge in [0.1, 0.15) is 19.3 Å². The van der Waals surface area contributed by atoms with Gasteiger partial charge in [0.2, 0.25) is 5.91 Å². The Bertz CT molecular complexity index is 1540. The molecule has 0 aliphatic heterocycles. The van der Waals surface area contributed by atoms with Crippen molar-refractivity contribution in [2.75, 3.05) is 40.9 Å². The van der Waals surface area contributed by atoms with E-state index < -0.39 is 26.6 Å². The lowest BCUT2D eigenvalue weighted by Crippen LogP contribution is -2.47. The lowest BCUT2D eigenvalue weighted by molar-refractivity contribution is -0.870. The summed E-state index contributed by atoms with van der Waals surface area (Å²) in [6, 6.07) is -0.897. The Balaban J connectivity index is 5.18. The number of hydrogen-bond acceptors (Lipinski definition) is 7. The molecule has 3 atom stereocenters. The van der Waals surface area contributed by atoms with Crippen LogP contribution in [0.3, 0.4) is 0 Å². The van der Waals surface area contributed by atoms with Crippen LogP contribution in [0.25, 0.3) is 0 Å². The highest BCUT2D eigenvalue weighted by molar-refractivity contribution is 7.45. The van der Waals surface area contributed by atoms with Crippen molar-refractivity contribution in [1.82, 2.24) is 5.32 Å². The molecule has 0 rings (SSSR count). The number of quaternary nitrogens is 1. The maximum Gasteiger partial charge on any atom is 0.306 e. The molecule has 0 saturated heterocycles. The molecule has 0 aliphatic rings. The number of amides is 1. The second kappa shape index (κ2) is 53.6. The number of phosphoric acid groups is 1. The fraction of sp³-hybridized carbons (Fsp3) is 0.750. The third-order valence-electron chi connectivity index (χ3n) is 13.1. The molecule has 0 aromatic carbocycles. The minimum Gasteiger partial charge on any atom is -0.756 e. The summed E-state index contributed by atoms with van der Waals surface area (Å²) >= 11 is 0. The van der Waals surface area contributed by atoms with E-state index in [9.17, 15) is 19.0 Å². The van der Waals surface area contributed by atoms with Crippen LogP contribution < -0.4 is 10.2 Å². The molecular weight excluding hydrogens is 940 g/mol. The fourth-order valence-electron chi connectivity index (χ4n) is 8.41. The molecule has 428 valence electrons. The first-order chi connectivity index (χ1) is 35.9. The van der Waals surface area contributed by atoms with Gasteiger partial charge in [0.15, 0.2) is 0 Å². The number of carbonyl (C=O) groups is 2. The molecule has 0 aliphatic carbocycles. The number of nitrogens with one attached hydrogen (secondary N) is 1. The number of hydrogen-bond donors (Lipinski definition) is 1. The van der Waals surface area contributed by atoms with Crippen molar-refractivity contribution in [3.8, 4) is 0 Å². The molecule has 3 unspecified atom stereocenters. The van der Waals surface area contributed by atoms with Gasteiger partial charge in [-0.2, -0.15) is 0 Å². The highest BCUT2D eigenvalue weighted by Crippen LogP contribution is 2.38. The Labute approximate surface area is 456 Å². The third kappa shape index (κ3) is 54.0. The summed E-state index contributed by atoms with van der Waals surface area (Å²) in [5, 5.41) is 3.02. The zero-order chi connectivity index (χ0) is 54.3. The number of phosphoric ester groups is 1. The molecule has 9 nitrogen and oxygen atoms in total. The van der Waals surface area contributed by atoms with E-state index >= 15 is 0 Å². The maximum absolute atomic E-state index is 13.5. The second-order valence-corrected chi connectivity index (χ2v) is 22.9. The lowest BCUT2D eigenvalue weighted by Gasteiger charge is -2.30. The van der Waals surface area contributed by atoms with E-state index in [2.05, 4.69) is 99.0 Å². The third-order valence-corrected chi connectivity index (χ3v) is 14.1. The van der Waals surface area contributed by atoms with Crippen LogP contribution in [0.1, 0.15) is 258 Å². The first-order valence-corrected chi connectivity index (χ1v) is 31.9. The second-order valence-electron chi connectivity index (χ2n) is 21.5. The van der Waals surface area contributed by atoms with E-state index in [4.69, 9.17) is 13.8 Å². The van der Waals surface area contributed by atoms with Gasteiger partial charge in [-0.1, -0.05) is 247 Å². The number of likely N-dealkylation sites (N-methyl/N-ethyl adjacent to an activating group) is 1. The van der Waals surface area contributed by atoms with E-state index in [0.717, 1.165) is 122 Å². The first-order valence-electron chi connectivity index (χ1n) is 30.4. The van der Waals surface area contributed by atoms with Gasteiger partial charge in [0, 0.05) is 12.8 Å². The molecule has 0 heterocycles. The summed E-state index contributed by atoms with van der Waals surface area (Å²) in [5.41, 5.74) is 0. The van der Waals surface area contributed by atoms with Crippen LogP contribution in [0.2, 0.25) is 0 Å². The van der Waals surface area contributed by atoms with Crippen LogP contribution >= 0.6 is 7.82 Å². The number of esters is 1. The molecule has 0 aromatic heterocycles. The van der Waals surface area contributed by atoms with Crippen molar-refractivity contribution < 1.29 is 37.3 Å². The number of rotatable bonds is 54. The molecule has 0 spiro atoms. The summed E-state index contributed by atoms with van der Waals surface area (Å²) in [6.07, 6.45) is 69.8. The van der Waals surface area contributed by atoms with Crippen molar-refractivity contribution in [2.24, 2.45) is 0 Å². The lowest BCUT2D eigenvalue weighted by atomic mass is 10.0. The van der Waals surface area contributed by atoms with Gasteiger partial charge in [-0.25, -0.2) is 0 Å². The Morgan fingerprint density at radius 3 is 1.30 bits per heavy atom. The number of nitrogens with zero attached hydrogens (tertiary/aromatic N) is 1. The monoisotopic (exact) mass is 1050 g/mol. The van der Waals surface area contributed by atoms with Crippen molar-refractivity contribution in [3.63, 3.8) is 0 Å². The summed E-state index contributed by atoms with van der Waals surface area (Å²) in [7, 11) is 1.17. The molecule has 0 radical (unpaired) electrons. The topological polar surface area (TPSA) is 114 Å². The molecule has 1 amide bonds. The van der Waals surface area contributed by atoms with Crippen LogP contribution in [0.4, 0.5) is 0 Å². The number of allylic oxidation sites excluding steroid dienone is 13. The molecule has 0 saturated carbocycles. The quantitative estimate of drug-likeness (QED) is 0.0212. The summed E-state index contributed by atoms with van der Waals surface area (Å²) in [4.78, 5) is 39.9. The van der Waals surface area contributed by atoms with Gasteiger partial charge in [0.05, 0.1) is 33.8 Å². The van der Waals surface area contributed by atoms with Crippen LogP contribution in [0.15, 0.2) is 85.1 Å². The van der Waals surface area contributed by atoms with Crippen molar-refractivity contribution in [1.29, 1.82) is 0 Å². The van der Waals surface area contributed by atoms with E-state index in [1.54, 1.807) is 0 Å². The van der Waals surface area contributed by atoms with Crippen LogP contribution in [-0.4, -0.2) is 69.4 Å². The molecule has 0 bridgehead atoms. The maximum atomic E-state index is 13.5. The molecule has 1 N–H and O–H groups in total. The standard InChI is InChI=1S/C64H115N2O7P/c1-7-10-13-16-19-22-25-27-28-29-30-31-32-33-34-35-36-37-38-39-42-44-47-50-53-56-63(67)65-61(60-72-74(69,70)71-59-58-66(4,5)6)62(55-52-49-46-43-41-26-23-20-17-14-11-8-2)73-64(68)57-54-51-48-45-40-24-21-18-15-12-9-3/h10,13,19,22,27-28,30-31,33-34,36-37,52,55,61-62H,7-9,11-12,14-18,20-21,23-26,29,32,35,38-51,53-54,56-60H2,1-6H3,(H-,65,67,69,70)/b13-10-,22-19-,28-27-,31-30-,34-33-,37-36-,55-52-. The summed E-state index contributed by atoms with van der Waals surface area (Å²) in [5.74, 6) is -0.559. The number of unbranched alkanes of at least 4 members (excludes halogenated alkanes) is 26. The first kappa shape index (κ1) is 71.2. The SMILES string of the molecule is CC/C=C\C/C=C\C/C=C\C/C=C\C/C=C\C/C=C\CCCCCCCCC(=O)NC(COP(=O)([O-])OCC[N+](C)(C)C)C(/C=C\CCCCCCCCCCCC)OC(=O)CCCCCCCCCCCCC. The predicted molar refractivity (Wildman–Crippen MR) is 316 cm³/mol. The van der Waals surface area contributed by atoms with Crippen molar-refractivity contribution in [2.45, 2.75) is 270 Å². The van der Waals surface area contributed by atoms with E-state index in [1.165, 1.54) is 103 Å². The minimum atomic E-state index is -4.70. The Morgan fingerprint density at radius 1 is 0.486 bits per heavy atom. The van der Waals surface area contributed by atoms with Crippen LogP contribution in [-0.2, 0) is 27.9 Å². The normalized spacial score (nSPS) is 14.3. The Hall–Kier alpha value is -2.81. The molecule has 10 heteroatoms. The average Bonchev–Trinajstić information content (AvgIpc) is 3.36. The highest BCUT2D eigenvalue weighted by atomic mass is 31.2. The van der Waals surface area contributed by atoms with Gasteiger partial charge in [-0.15, -0.1) is 0 Å². The highest BCUT2D eigenvalue weighted by Gasteiger charge is 2.27. The largest absolute Gasteiger partial charge is 0.756 e. The average molecular weight is 1060 g/mol. The van der Waals surface area contributed by atoms with Gasteiger partial charge >= 0.3 is 5.97 Å². The number of carbonyl (C=O) groups excluding carboxylic acids is 2. The summed E-state index contributed by atoms with van der Waals surface area (Å²) in [6.45, 7) is 6.70. The minimum absolute atomic E-state index is 0.0278. The van der Waals surface area contributed by atoms with Crippen LogP contribution in [0, 0.1) is 0 Å². The smallest absolute Gasteiger partial charge is 0.306 e. The Kier molecular flexibility index (Phi) is 51.5. The van der Waals surface area contributed by atoms with E-state index in [1.807, 2.05) is 33.3 Å². The van der Waals surface area contributed by atoms with E-state index in [0.29, 0.717) is 17.4 Å². The van der Waals surface area contributed by atoms with E-state index in [-0.39, 0.29) is 24.9 Å². The van der Waals surface area contributed by atoms with Gasteiger partial charge in [0.25, 0.3) is 7.82 Å². The van der Waals surface area contributed by atoms with Crippen molar-refractivity contribution >= 4 is 19.7 Å². The van der Waals surface area contributed by atoms with Crippen LogP contribution in [0.5, 0.6) is 0 Å². The zero-order valence-electron chi connectivity index (χ0n) is 48.8. The van der Waals surface area contributed by atoms with Crippen molar-refractivity contribution in [3.05, 3.63) is 85.1 Å². The molecule has 74 heavy (non-hydrogen) atoms. The van der Waals surface area contributed by atoms with Gasteiger partial charge in [-0.3, -0.25) is 14.2 Å². The number of ether oxygens (including phenoxy) is 1. The summed E-state index contributed by atoms with van der Waals surface area (Å²) < 4.78 is 30.2. The molecule has 0 aromatic rings. The molecule has 0 fully saturated rings. The predicted octanol–water partition coefficient (Wildman–Crippen LogP) is 18.0. The fourth-order valence-corrected chi connectivity index (χ4v) is 9.13. The Morgan fingerprint density at radius 2 is 0.865 bits per heavy atom. The zero-order valence-corrected chi connectivity index (χ0v) is 49.7. The van der Waals surface area contributed by atoms with Gasteiger partial charge in [-0.05, 0) is 83.1 Å².